The van der Waals surface area contributed by atoms with Crippen LogP contribution in [-0.4, -0.2) is 26.3 Å². The average molecular weight is 314 g/mol. The molecular formula is C12H12BrNO4. The Balaban J connectivity index is 3.10. The molecule has 1 aromatic carbocycles. The Morgan fingerprint density at radius 3 is 2.22 bits per heavy atom. The quantitative estimate of drug-likeness (QED) is 0.799. The molecule has 18 heavy (non-hydrogen) atoms. The van der Waals surface area contributed by atoms with Crippen LogP contribution in [-0.2, 0) is 4.74 Å². The third-order valence-electron chi connectivity index (χ3n) is 2.15. The molecule has 0 spiro atoms. The van der Waals surface area contributed by atoms with Crippen molar-refractivity contribution in [2.45, 2.75) is 13.0 Å². The second kappa shape index (κ2) is 6.26. The van der Waals surface area contributed by atoms with E-state index in [2.05, 4.69) is 15.9 Å². The molecule has 0 bridgehead atoms. The molecule has 0 saturated carbocycles. The van der Waals surface area contributed by atoms with Gasteiger partial charge in [-0.15, -0.1) is 0 Å². The standard InChI is InChI=1S/C12H12BrNO4/c1-7(6-14)18-12(15)8-4-9(16-2)11(13)10(5-8)17-3/h4-5,7H,1-3H3/t7-/m0/s1. The summed E-state index contributed by atoms with van der Waals surface area (Å²) >= 11 is 3.29. The smallest absolute Gasteiger partial charge is 0.339 e. The number of carbonyl (C=O) groups excluding carboxylic acids is 1. The molecule has 0 saturated heterocycles. The van der Waals surface area contributed by atoms with Crippen LogP contribution in [0.2, 0.25) is 0 Å². The summed E-state index contributed by atoms with van der Waals surface area (Å²) in [5.41, 5.74) is 0.258. The number of halogens is 1. The molecule has 0 unspecified atom stereocenters. The molecule has 0 aliphatic carbocycles. The summed E-state index contributed by atoms with van der Waals surface area (Å²) in [6.45, 7) is 1.49. The zero-order valence-corrected chi connectivity index (χ0v) is 11.8. The Morgan fingerprint density at radius 1 is 1.33 bits per heavy atom. The lowest BCUT2D eigenvalue weighted by atomic mass is 10.2. The lowest BCUT2D eigenvalue weighted by Crippen LogP contribution is -2.13. The van der Waals surface area contributed by atoms with Crippen molar-refractivity contribution in [3.8, 4) is 17.6 Å². The molecule has 96 valence electrons. The van der Waals surface area contributed by atoms with Crippen LogP contribution in [0.5, 0.6) is 11.5 Å². The van der Waals surface area contributed by atoms with Crippen molar-refractivity contribution in [3.05, 3.63) is 22.2 Å². The van der Waals surface area contributed by atoms with E-state index in [9.17, 15) is 4.79 Å². The maximum Gasteiger partial charge on any atom is 0.339 e. The number of rotatable bonds is 4. The summed E-state index contributed by atoms with van der Waals surface area (Å²) in [6.07, 6.45) is -0.807. The van der Waals surface area contributed by atoms with Gasteiger partial charge in [0, 0.05) is 0 Å². The normalized spacial score (nSPS) is 11.3. The lowest BCUT2D eigenvalue weighted by molar-refractivity contribution is 0.0434. The van der Waals surface area contributed by atoms with Gasteiger partial charge in [-0.3, -0.25) is 0 Å². The first kappa shape index (κ1) is 14.3. The zero-order chi connectivity index (χ0) is 13.7. The minimum atomic E-state index is -0.807. The molecule has 6 heteroatoms. The third kappa shape index (κ3) is 3.14. The molecule has 0 amide bonds. The van der Waals surface area contributed by atoms with Crippen LogP contribution < -0.4 is 9.47 Å². The van der Waals surface area contributed by atoms with Gasteiger partial charge in [-0.2, -0.15) is 5.26 Å². The molecule has 5 nitrogen and oxygen atoms in total. The number of nitriles is 1. The van der Waals surface area contributed by atoms with Gasteiger partial charge in [0.25, 0.3) is 0 Å². The Hall–Kier alpha value is -1.74. The number of ether oxygens (including phenoxy) is 3. The van der Waals surface area contributed by atoms with Crippen LogP contribution in [0.1, 0.15) is 17.3 Å². The lowest BCUT2D eigenvalue weighted by Gasteiger charge is -2.11. The van der Waals surface area contributed by atoms with Crippen molar-refractivity contribution >= 4 is 21.9 Å². The van der Waals surface area contributed by atoms with Crippen LogP contribution in [0.25, 0.3) is 0 Å². The molecule has 0 N–H and O–H groups in total. The van der Waals surface area contributed by atoms with Crippen LogP contribution in [0.15, 0.2) is 16.6 Å². The molecule has 0 heterocycles. The Bertz CT molecular complexity index is 470. The summed E-state index contributed by atoms with van der Waals surface area (Å²) in [6, 6.07) is 4.85. The first-order chi connectivity index (χ1) is 8.53. The van der Waals surface area contributed by atoms with E-state index in [0.29, 0.717) is 16.0 Å². The molecule has 0 aliphatic heterocycles. The summed E-state index contributed by atoms with van der Waals surface area (Å²) < 4.78 is 15.7. The second-order valence-corrected chi connectivity index (χ2v) is 4.16. The maximum atomic E-state index is 11.8. The van der Waals surface area contributed by atoms with E-state index in [-0.39, 0.29) is 5.56 Å². The van der Waals surface area contributed by atoms with Crippen LogP contribution in [0.4, 0.5) is 0 Å². The molecule has 1 aromatic rings. The fourth-order valence-electron chi connectivity index (χ4n) is 1.24. The number of methoxy groups -OCH3 is 2. The van der Waals surface area contributed by atoms with Gasteiger partial charge in [0.1, 0.15) is 22.0 Å². The van der Waals surface area contributed by atoms with Gasteiger partial charge in [0.2, 0.25) is 0 Å². The topological polar surface area (TPSA) is 68.5 Å². The molecule has 1 atom stereocenters. The highest BCUT2D eigenvalue weighted by molar-refractivity contribution is 9.10. The number of esters is 1. The van der Waals surface area contributed by atoms with E-state index in [4.69, 9.17) is 19.5 Å². The first-order valence-electron chi connectivity index (χ1n) is 5.05. The van der Waals surface area contributed by atoms with Gasteiger partial charge in [0.05, 0.1) is 19.8 Å². The SMILES string of the molecule is COc1cc(C(=O)O[C@@H](C)C#N)cc(OC)c1Br. The number of hydrogen-bond donors (Lipinski definition) is 0. The Labute approximate surface area is 113 Å². The number of benzene rings is 1. The predicted molar refractivity (Wildman–Crippen MR) is 67.7 cm³/mol. The summed E-state index contributed by atoms with van der Waals surface area (Å²) in [4.78, 5) is 11.8. The average Bonchev–Trinajstić information content (AvgIpc) is 2.38. The molecule has 1 rings (SSSR count). The summed E-state index contributed by atoms with van der Waals surface area (Å²) in [5.74, 6) is 0.296. The minimum absolute atomic E-state index is 0.258. The number of nitrogens with zero attached hydrogens (tertiary/aromatic N) is 1. The highest BCUT2D eigenvalue weighted by Crippen LogP contribution is 2.35. The third-order valence-corrected chi connectivity index (χ3v) is 2.93. The summed E-state index contributed by atoms with van der Waals surface area (Å²) in [7, 11) is 2.96. The van der Waals surface area contributed by atoms with Crippen molar-refractivity contribution in [2.24, 2.45) is 0 Å². The number of hydrogen-bond acceptors (Lipinski definition) is 5. The molecule has 0 aromatic heterocycles. The van der Waals surface area contributed by atoms with Gasteiger partial charge in [0.15, 0.2) is 6.10 Å². The minimum Gasteiger partial charge on any atom is -0.495 e. The maximum absolute atomic E-state index is 11.8. The van der Waals surface area contributed by atoms with Crippen LogP contribution >= 0.6 is 15.9 Å². The Morgan fingerprint density at radius 2 is 1.83 bits per heavy atom. The van der Waals surface area contributed by atoms with Gasteiger partial charge < -0.3 is 14.2 Å². The number of carbonyl (C=O) groups is 1. The van der Waals surface area contributed by atoms with Gasteiger partial charge >= 0.3 is 5.97 Å². The van der Waals surface area contributed by atoms with Crippen LogP contribution in [0.3, 0.4) is 0 Å². The van der Waals surface area contributed by atoms with Crippen molar-refractivity contribution in [1.29, 1.82) is 5.26 Å². The van der Waals surface area contributed by atoms with E-state index in [0.717, 1.165) is 0 Å². The second-order valence-electron chi connectivity index (χ2n) is 3.37. The van der Waals surface area contributed by atoms with E-state index < -0.39 is 12.1 Å². The van der Waals surface area contributed by atoms with E-state index >= 15 is 0 Å². The van der Waals surface area contributed by atoms with Gasteiger partial charge in [-0.1, -0.05) is 0 Å². The fraction of sp³-hybridized carbons (Fsp3) is 0.333. The first-order valence-corrected chi connectivity index (χ1v) is 5.85. The highest BCUT2D eigenvalue weighted by Gasteiger charge is 2.17. The van der Waals surface area contributed by atoms with Crippen molar-refractivity contribution in [2.75, 3.05) is 14.2 Å². The van der Waals surface area contributed by atoms with E-state index in [1.807, 2.05) is 6.07 Å². The van der Waals surface area contributed by atoms with E-state index in [1.165, 1.54) is 33.3 Å². The zero-order valence-electron chi connectivity index (χ0n) is 10.2. The molecular weight excluding hydrogens is 302 g/mol. The predicted octanol–water partition coefficient (Wildman–Crippen LogP) is 2.54. The van der Waals surface area contributed by atoms with Gasteiger partial charge in [-0.25, -0.2) is 4.79 Å². The Kier molecular flexibility index (Phi) is 4.98. The molecule has 0 radical (unpaired) electrons. The van der Waals surface area contributed by atoms with Crippen molar-refractivity contribution in [3.63, 3.8) is 0 Å². The molecule has 0 aliphatic rings. The molecule has 0 fully saturated rings. The summed E-state index contributed by atoms with van der Waals surface area (Å²) in [5, 5.41) is 8.59. The monoisotopic (exact) mass is 313 g/mol. The van der Waals surface area contributed by atoms with Gasteiger partial charge in [-0.05, 0) is 35.0 Å². The van der Waals surface area contributed by atoms with Crippen molar-refractivity contribution < 1.29 is 19.0 Å². The van der Waals surface area contributed by atoms with Crippen molar-refractivity contribution in [1.82, 2.24) is 0 Å². The highest BCUT2D eigenvalue weighted by atomic mass is 79.9. The largest absolute Gasteiger partial charge is 0.495 e. The van der Waals surface area contributed by atoms with Crippen LogP contribution in [0, 0.1) is 11.3 Å². The fourth-order valence-corrected chi connectivity index (χ4v) is 1.79. The van der Waals surface area contributed by atoms with E-state index in [1.54, 1.807) is 0 Å².